The van der Waals surface area contributed by atoms with Crippen molar-refractivity contribution in [1.82, 2.24) is 10.2 Å². The van der Waals surface area contributed by atoms with Crippen molar-refractivity contribution in [2.24, 2.45) is 0 Å². The van der Waals surface area contributed by atoms with Crippen LogP contribution in [0.5, 0.6) is 5.75 Å². The molecular weight excluding hydrogens is 259 g/mol. The normalized spacial score (nSPS) is 10.5. The summed E-state index contributed by atoms with van der Waals surface area (Å²) in [5.41, 5.74) is 1.44. The van der Waals surface area contributed by atoms with Crippen molar-refractivity contribution in [2.75, 3.05) is 7.11 Å². The number of rotatable bonds is 3. The Morgan fingerprint density at radius 2 is 1.65 bits per heavy atom. The van der Waals surface area contributed by atoms with Gasteiger partial charge in [0, 0.05) is 11.1 Å². The second kappa shape index (κ2) is 5.13. The van der Waals surface area contributed by atoms with Crippen molar-refractivity contribution in [2.45, 2.75) is 0 Å². The average molecular weight is 270 g/mol. The lowest BCUT2D eigenvalue weighted by Gasteiger charge is -2.00. The molecule has 20 heavy (non-hydrogen) atoms. The second-order valence-corrected chi connectivity index (χ2v) is 4.15. The molecule has 4 nitrogen and oxygen atoms in total. The molecule has 2 aromatic carbocycles. The van der Waals surface area contributed by atoms with E-state index in [0.717, 1.165) is 5.56 Å². The van der Waals surface area contributed by atoms with E-state index in [1.54, 1.807) is 19.2 Å². The number of aromatic nitrogens is 2. The summed E-state index contributed by atoms with van der Waals surface area (Å²) < 4.78 is 23.6. The van der Waals surface area contributed by atoms with Crippen LogP contribution in [0.4, 0.5) is 4.39 Å². The molecule has 0 bridgehead atoms. The van der Waals surface area contributed by atoms with E-state index in [1.807, 2.05) is 24.3 Å². The maximum Gasteiger partial charge on any atom is 0.248 e. The molecule has 0 unspecified atom stereocenters. The van der Waals surface area contributed by atoms with Crippen molar-refractivity contribution in [3.8, 4) is 28.7 Å². The monoisotopic (exact) mass is 270 g/mol. The molecule has 0 amide bonds. The zero-order valence-corrected chi connectivity index (χ0v) is 10.7. The molecule has 0 saturated carbocycles. The standard InChI is InChI=1S/C15H11FN2O2/c1-19-13-4-2-3-11(9-13)15-18-17-14(20-15)10-5-7-12(16)8-6-10/h2-9H,1H3. The topological polar surface area (TPSA) is 48.2 Å². The lowest BCUT2D eigenvalue weighted by molar-refractivity contribution is 0.415. The highest BCUT2D eigenvalue weighted by Gasteiger charge is 2.11. The lowest BCUT2D eigenvalue weighted by Crippen LogP contribution is -1.83. The number of ether oxygens (including phenoxy) is 1. The number of hydrogen-bond donors (Lipinski definition) is 0. The van der Waals surface area contributed by atoms with Gasteiger partial charge in [-0.25, -0.2) is 4.39 Å². The summed E-state index contributed by atoms with van der Waals surface area (Å²) in [5.74, 6) is 1.15. The molecule has 0 fully saturated rings. The first-order chi connectivity index (χ1) is 9.76. The third kappa shape index (κ3) is 2.38. The van der Waals surface area contributed by atoms with Crippen LogP contribution >= 0.6 is 0 Å². The SMILES string of the molecule is COc1cccc(-c2nnc(-c3ccc(F)cc3)o2)c1. The van der Waals surface area contributed by atoms with Gasteiger partial charge in [0.2, 0.25) is 11.8 Å². The molecule has 1 heterocycles. The van der Waals surface area contributed by atoms with Gasteiger partial charge in [-0.2, -0.15) is 0 Å². The molecule has 0 saturated heterocycles. The molecule has 3 aromatic rings. The Kier molecular flexibility index (Phi) is 3.16. The number of halogens is 1. The minimum atomic E-state index is -0.304. The molecule has 0 aliphatic rings. The van der Waals surface area contributed by atoms with Gasteiger partial charge in [-0.15, -0.1) is 10.2 Å². The van der Waals surface area contributed by atoms with Gasteiger partial charge in [-0.05, 0) is 42.5 Å². The predicted octanol–water partition coefficient (Wildman–Crippen LogP) is 3.55. The first-order valence-corrected chi connectivity index (χ1v) is 6.00. The van der Waals surface area contributed by atoms with E-state index >= 15 is 0 Å². The fraction of sp³-hybridized carbons (Fsp3) is 0.0667. The van der Waals surface area contributed by atoms with Gasteiger partial charge in [0.1, 0.15) is 11.6 Å². The van der Waals surface area contributed by atoms with E-state index in [2.05, 4.69) is 10.2 Å². The fourth-order valence-corrected chi connectivity index (χ4v) is 1.81. The van der Waals surface area contributed by atoms with E-state index in [0.29, 0.717) is 23.1 Å². The third-order valence-corrected chi connectivity index (χ3v) is 2.83. The van der Waals surface area contributed by atoms with E-state index in [-0.39, 0.29) is 5.82 Å². The quantitative estimate of drug-likeness (QED) is 0.730. The largest absolute Gasteiger partial charge is 0.497 e. The molecule has 0 N–H and O–H groups in total. The van der Waals surface area contributed by atoms with Crippen LogP contribution in [-0.2, 0) is 0 Å². The zero-order valence-electron chi connectivity index (χ0n) is 10.7. The minimum Gasteiger partial charge on any atom is -0.497 e. The Labute approximate surface area is 114 Å². The molecule has 0 radical (unpaired) electrons. The van der Waals surface area contributed by atoms with Crippen molar-refractivity contribution < 1.29 is 13.5 Å². The first-order valence-electron chi connectivity index (χ1n) is 6.00. The summed E-state index contributed by atoms with van der Waals surface area (Å²) in [6.45, 7) is 0. The van der Waals surface area contributed by atoms with E-state index in [1.165, 1.54) is 12.1 Å². The van der Waals surface area contributed by atoms with Gasteiger partial charge in [0.05, 0.1) is 7.11 Å². The molecule has 0 aliphatic heterocycles. The molecule has 3 rings (SSSR count). The number of benzene rings is 2. The van der Waals surface area contributed by atoms with Crippen LogP contribution in [0.3, 0.4) is 0 Å². The maximum absolute atomic E-state index is 12.9. The summed E-state index contributed by atoms with van der Waals surface area (Å²) in [4.78, 5) is 0. The number of hydrogen-bond acceptors (Lipinski definition) is 4. The van der Waals surface area contributed by atoms with Crippen LogP contribution in [0.1, 0.15) is 0 Å². The first kappa shape index (κ1) is 12.3. The molecule has 1 aromatic heterocycles. The molecule has 0 atom stereocenters. The summed E-state index contributed by atoms with van der Waals surface area (Å²) in [6.07, 6.45) is 0. The van der Waals surface area contributed by atoms with Gasteiger partial charge in [0.15, 0.2) is 0 Å². The van der Waals surface area contributed by atoms with Gasteiger partial charge in [-0.1, -0.05) is 6.07 Å². The summed E-state index contributed by atoms with van der Waals surface area (Å²) in [7, 11) is 1.59. The van der Waals surface area contributed by atoms with Gasteiger partial charge < -0.3 is 9.15 Å². The van der Waals surface area contributed by atoms with Crippen molar-refractivity contribution >= 4 is 0 Å². The Morgan fingerprint density at radius 3 is 2.35 bits per heavy atom. The molecule has 0 aliphatic carbocycles. The number of nitrogens with zero attached hydrogens (tertiary/aromatic N) is 2. The number of methoxy groups -OCH3 is 1. The summed E-state index contributed by atoms with van der Waals surface area (Å²) in [6, 6.07) is 13.2. The maximum atomic E-state index is 12.9. The lowest BCUT2D eigenvalue weighted by atomic mass is 10.2. The van der Waals surface area contributed by atoms with E-state index in [9.17, 15) is 4.39 Å². The van der Waals surface area contributed by atoms with Crippen molar-refractivity contribution in [3.63, 3.8) is 0 Å². The Morgan fingerprint density at radius 1 is 0.950 bits per heavy atom. The minimum absolute atomic E-state index is 0.304. The van der Waals surface area contributed by atoms with Crippen molar-refractivity contribution in [3.05, 3.63) is 54.3 Å². The van der Waals surface area contributed by atoms with Crippen LogP contribution in [0.2, 0.25) is 0 Å². The highest BCUT2D eigenvalue weighted by atomic mass is 19.1. The summed E-state index contributed by atoms with van der Waals surface area (Å²) in [5, 5.41) is 7.96. The van der Waals surface area contributed by atoms with Crippen LogP contribution in [0.25, 0.3) is 22.9 Å². The van der Waals surface area contributed by atoms with Gasteiger partial charge in [-0.3, -0.25) is 0 Å². The molecular formula is C15H11FN2O2. The Balaban J connectivity index is 1.95. The van der Waals surface area contributed by atoms with Gasteiger partial charge >= 0.3 is 0 Å². The van der Waals surface area contributed by atoms with Gasteiger partial charge in [0.25, 0.3) is 0 Å². The average Bonchev–Trinajstić information content (AvgIpc) is 2.98. The van der Waals surface area contributed by atoms with Crippen LogP contribution in [-0.4, -0.2) is 17.3 Å². The van der Waals surface area contributed by atoms with E-state index < -0.39 is 0 Å². The van der Waals surface area contributed by atoms with Crippen molar-refractivity contribution in [1.29, 1.82) is 0 Å². The molecule has 100 valence electrons. The van der Waals surface area contributed by atoms with Crippen LogP contribution < -0.4 is 4.74 Å². The van der Waals surface area contributed by atoms with E-state index in [4.69, 9.17) is 9.15 Å². The molecule has 0 spiro atoms. The third-order valence-electron chi connectivity index (χ3n) is 2.83. The van der Waals surface area contributed by atoms with Crippen LogP contribution in [0.15, 0.2) is 52.9 Å². The Bertz CT molecular complexity index is 723. The highest BCUT2D eigenvalue weighted by Crippen LogP contribution is 2.26. The predicted molar refractivity (Wildman–Crippen MR) is 71.7 cm³/mol. The fourth-order valence-electron chi connectivity index (χ4n) is 1.81. The molecule has 5 heteroatoms. The zero-order chi connectivity index (χ0) is 13.9. The smallest absolute Gasteiger partial charge is 0.248 e. The highest BCUT2D eigenvalue weighted by molar-refractivity contribution is 5.59. The Hall–Kier alpha value is -2.69. The second-order valence-electron chi connectivity index (χ2n) is 4.15. The summed E-state index contributed by atoms with van der Waals surface area (Å²) >= 11 is 0. The van der Waals surface area contributed by atoms with Crippen LogP contribution in [0, 0.1) is 5.82 Å².